The first-order valence-electron chi connectivity index (χ1n) is 11.3. The number of thiophene rings is 1. The number of hydrogen-bond donors (Lipinski definition) is 1. The van der Waals surface area contributed by atoms with Crippen LogP contribution in [0.1, 0.15) is 27.4 Å². The topological polar surface area (TPSA) is 118 Å². The maximum absolute atomic E-state index is 13.3. The van der Waals surface area contributed by atoms with Gasteiger partial charge in [-0.05, 0) is 38.1 Å². The largest absolute Gasteiger partial charge is 0.491 e. The molecule has 0 spiro atoms. The summed E-state index contributed by atoms with van der Waals surface area (Å²) in [4.78, 5) is 33.7. The predicted octanol–water partition coefficient (Wildman–Crippen LogP) is 6.25. The number of aromatic carboxylic acids is 1. The minimum Gasteiger partial charge on any atom is -0.491 e. The Labute approximate surface area is 230 Å². The Morgan fingerprint density at radius 1 is 1.18 bits per heavy atom. The van der Waals surface area contributed by atoms with Gasteiger partial charge in [-0.2, -0.15) is 5.26 Å². The minimum atomic E-state index is -1.06. The van der Waals surface area contributed by atoms with Crippen LogP contribution in [0.3, 0.4) is 0 Å². The standard InChI is InChI=1S/C27H18Cl2N4O4S/c1-13-24-22(15(10-30)11-31-13)26(34)33(14(2)32-24)7-8-37-21-6-3-16(28)9-18(21)17-4-5-20(29)23-19(27(35)36)12-38-25(17)23/h3-6,9,11-12H,7-8H2,1-2H3,(H,35,36). The molecule has 0 saturated heterocycles. The van der Waals surface area contributed by atoms with Crippen molar-refractivity contribution in [2.75, 3.05) is 6.61 Å². The number of nitrogens with zero attached hydrogens (tertiary/aromatic N) is 4. The highest BCUT2D eigenvalue weighted by molar-refractivity contribution is 7.18. The molecule has 0 radical (unpaired) electrons. The van der Waals surface area contributed by atoms with Crippen molar-refractivity contribution in [2.45, 2.75) is 20.4 Å². The summed E-state index contributed by atoms with van der Waals surface area (Å²) in [6.45, 7) is 3.76. The molecule has 0 unspecified atom stereocenters. The third-order valence-corrected chi connectivity index (χ3v) is 7.75. The number of halogens is 2. The fraction of sp³-hybridized carbons (Fsp3) is 0.148. The Kier molecular flexibility index (Phi) is 6.80. The average Bonchev–Trinajstić information content (AvgIpc) is 3.34. The molecule has 38 heavy (non-hydrogen) atoms. The first-order valence-corrected chi connectivity index (χ1v) is 13.0. The summed E-state index contributed by atoms with van der Waals surface area (Å²) in [5.74, 6) is -0.0877. The van der Waals surface area contributed by atoms with E-state index in [9.17, 15) is 20.0 Å². The van der Waals surface area contributed by atoms with E-state index in [0.29, 0.717) is 48.5 Å². The Balaban J connectivity index is 1.52. The lowest BCUT2D eigenvalue weighted by Crippen LogP contribution is -2.27. The minimum absolute atomic E-state index is 0.121. The van der Waals surface area contributed by atoms with E-state index in [1.807, 2.05) is 6.07 Å². The molecular formula is C27H18Cl2N4O4S. The van der Waals surface area contributed by atoms with Crippen molar-refractivity contribution in [1.82, 2.24) is 14.5 Å². The molecule has 3 aromatic heterocycles. The number of aryl methyl sites for hydroxylation is 2. The molecule has 5 aromatic rings. The van der Waals surface area contributed by atoms with Crippen LogP contribution in [0.25, 0.3) is 32.1 Å². The van der Waals surface area contributed by atoms with Crippen molar-refractivity contribution < 1.29 is 14.6 Å². The van der Waals surface area contributed by atoms with Gasteiger partial charge in [0.1, 0.15) is 29.8 Å². The third-order valence-electron chi connectivity index (χ3n) is 6.19. The van der Waals surface area contributed by atoms with Crippen LogP contribution in [0.2, 0.25) is 10.0 Å². The molecule has 0 aliphatic rings. The zero-order valence-electron chi connectivity index (χ0n) is 20.1. The fourth-order valence-corrected chi connectivity index (χ4v) is 5.95. The van der Waals surface area contributed by atoms with Gasteiger partial charge in [-0.1, -0.05) is 29.3 Å². The van der Waals surface area contributed by atoms with Crippen LogP contribution < -0.4 is 10.3 Å². The number of carboxylic acids is 1. The van der Waals surface area contributed by atoms with Crippen LogP contribution in [0, 0.1) is 25.2 Å². The molecule has 1 N–H and O–H groups in total. The normalized spacial score (nSPS) is 11.1. The molecule has 11 heteroatoms. The Morgan fingerprint density at radius 2 is 1.97 bits per heavy atom. The SMILES string of the molecule is Cc1ncc(C#N)c2c(=O)n(CCOc3ccc(Cl)cc3-c3ccc(Cl)c4c(C(=O)O)csc34)c(C)nc12. The molecular weight excluding hydrogens is 547 g/mol. The number of carboxylic acid groups (broad SMARTS) is 1. The molecule has 2 aromatic carbocycles. The van der Waals surface area contributed by atoms with E-state index in [4.69, 9.17) is 27.9 Å². The molecule has 0 aliphatic heterocycles. The highest BCUT2D eigenvalue weighted by Gasteiger charge is 2.20. The highest BCUT2D eigenvalue weighted by Crippen LogP contribution is 2.43. The van der Waals surface area contributed by atoms with E-state index < -0.39 is 5.97 Å². The first kappa shape index (κ1) is 25.7. The fourth-order valence-electron chi connectivity index (χ4n) is 4.36. The van der Waals surface area contributed by atoms with Crippen molar-refractivity contribution in [3.63, 3.8) is 0 Å². The number of aromatic nitrogens is 3. The summed E-state index contributed by atoms with van der Waals surface area (Å²) in [5.41, 5.74) is 2.32. The molecule has 190 valence electrons. The van der Waals surface area contributed by atoms with E-state index in [0.717, 1.165) is 5.56 Å². The van der Waals surface area contributed by atoms with Gasteiger partial charge in [0.05, 0.1) is 33.8 Å². The lowest BCUT2D eigenvalue weighted by Gasteiger charge is -2.16. The summed E-state index contributed by atoms with van der Waals surface area (Å²) < 4.78 is 8.28. The van der Waals surface area contributed by atoms with Gasteiger partial charge >= 0.3 is 5.97 Å². The molecule has 0 atom stereocenters. The smallest absolute Gasteiger partial charge is 0.337 e. The van der Waals surface area contributed by atoms with Crippen LogP contribution >= 0.6 is 34.5 Å². The summed E-state index contributed by atoms with van der Waals surface area (Å²) >= 11 is 13.9. The van der Waals surface area contributed by atoms with Crippen molar-refractivity contribution in [2.24, 2.45) is 0 Å². The number of ether oxygens (including phenoxy) is 1. The van der Waals surface area contributed by atoms with Gasteiger partial charge in [0.2, 0.25) is 0 Å². The lowest BCUT2D eigenvalue weighted by molar-refractivity contribution is 0.0699. The second-order valence-corrected chi connectivity index (χ2v) is 10.2. The number of hydrogen-bond acceptors (Lipinski definition) is 7. The van der Waals surface area contributed by atoms with E-state index in [1.54, 1.807) is 49.6 Å². The van der Waals surface area contributed by atoms with Crippen molar-refractivity contribution in [3.05, 3.63) is 85.0 Å². The molecule has 3 heterocycles. The zero-order valence-corrected chi connectivity index (χ0v) is 22.4. The molecule has 8 nitrogen and oxygen atoms in total. The summed E-state index contributed by atoms with van der Waals surface area (Å²) in [6.07, 6.45) is 1.38. The van der Waals surface area contributed by atoms with Crippen LogP contribution in [-0.4, -0.2) is 32.2 Å². The van der Waals surface area contributed by atoms with Gasteiger partial charge in [-0.25, -0.2) is 9.78 Å². The number of nitriles is 1. The van der Waals surface area contributed by atoms with Crippen molar-refractivity contribution in [3.8, 4) is 22.9 Å². The molecule has 0 bridgehead atoms. The monoisotopic (exact) mass is 564 g/mol. The predicted molar refractivity (Wildman–Crippen MR) is 148 cm³/mol. The van der Waals surface area contributed by atoms with Crippen molar-refractivity contribution >= 4 is 61.5 Å². The van der Waals surface area contributed by atoms with Crippen LogP contribution in [0.5, 0.6) is 5.75 Å². The maximum atomic E-state index is 13.3. The van der Waals surface area contributed by atoms with E-state index >= 15 is 0 Å². The Bertz CT molecular complexity index is 1870. The number of pyridine rings is 1. The number of fused-ring (bicyclic) bond motifs is 2. The number of benzene rings is 2. The third kappa shape index (κ3) is 4.37. The second-order valence-electron chi connectivity index (χ2n) is 8.45. The maximum Gasteiger partial charge on any atom is 0.337 e. The van der Waals surface area contributed by atoms with E-state index in [2.05, 4.69) is 9.97 Å². The molecule has 0 amide bonds. The van der Waals surface area contributed by atoms with Gasteiger partial charge in [0, 0.05) is 37.8 Å². The zero-order chi connectivity index (χ0) is 27.1. The van der Waals surface area contributed by atoms with E-state index in [1.165, 1.54) is 22.1 Å². The second kappa shape index (κ2) is 10.1. The molecule has 0 fully saturated rings. The summed E-state index contributed by atoms with van der Waals surface area (Å²) in [6, 6.07) is 10.6. The van der Waals surface area contributed by atoms with E-state index in [-0.39, 0.29) is 35.2 Å². The molecule has 0 saturated carbocycles. The lowest BCUT2D eigenvalue weighted by atomic mass is 10.0. The summed E-state index contributed by atoms with van der Waals surface area (Å²) in [5, 5.41) is 22.1. The van der Waals surface area contributed by atoms with Crippen LogP contribution in [0.4, 0.5) is 0 Å². The molecule has 0 aliphatic carbocycles. The van der Waals surface area contributed by atoms with Gasteiger partial charge in [-0.15, -0.1) is 11.3 Å². The highest BCUT2D eigenvalue weighted by atomic mass is 35.5. The van der Waals surface area contributed by atoms with Crippen LogP contribution in [-0.2, 0) is 6.54 Å². The van der Waals surface area contributed by atoms with Crippen LogP contribution in [0.15, 0.2) is 46.7 Å². The van der Waals surface area contributed by atoms with Crippen molar-refractivity contribution in [1.29, 1.82) is 5.26 Å². The summed E-state index contributed by atoms with van der Waals surface area (Å²) in [7, 11) is 0. The molecule has 5 rings (SSSR count). The first-order chi connectivity index (χ1) is 18.2. The average molecular weight is 565 g/mol. The quantitative estimate of drug-likeness (QED) is 0.259. The number of rotatable bonds is 6. The Hall–Kier alpha value is -3.97. The van der Waals surface area contributed by atoms with Gasteiger partial charge < -0.3 is 9.84 Å². The van der Waals surface area contributed by atoms with Gasteiger partial charge in [0.25, 0.3) is 5.56 Å². The van der Waals surface area contributed by atoms with Gasteiger partial charge in [-0.3, -0.25) is 14.3 Å². The number of carbonyl (C=O) groups is 1. The Morgan fingerprint density at radius 3 is 2.71 bits per heavy atom. The van der Waals surface area contributed by atoms with Gasteiger partial charge in [0.15, 0.2) is 0 Å².